The van der Waals surface area contributed by atoms with Crippen LogP contribution < -0.4 is 9.46 Å². The Morgan fingerprint density at radius 3 is 2.43 bits per heavy atom. The van der Waals surface area contributed by atoms with E-state index in [1.54, 1.807) is 17.0 Å². The summed E-state index contributed by atoms with van der Waals surface area (Å²) in [7, 11) is -3.69. The largest absolute Gasteiger partial charge is 0.494 e. The molecule has 0 radical (unpaired) electrons. The fourth-order valence-electron chi connectivity index (χ4n) is 2.49. The van der Waals surface area contributed by atoms with Gasteiger partial charge in [-0.05, 0) is 49.9 Å². The Hall–Kier alpha value is -1.60. The van der Waals surface area contributed by atoms with E-state index in [0.29, 0.717) is 31.4 Å². The van der Waals surface area contributed by atoms with Gasteiger partial charge in [0.2, 0.25) is 15.9 Å². The van der Waals surface area contributed by atoms with Crippen molar-refractivity contribution in [3.05, 3.63) is 24.3 Å². The molecule has 23 heavy (non-hydrogen) atoms. The molecular weight excluding hydrogens is 316 g/mol. The van der Waals surface area contributed by atoms with Gasteiger partial charge < -0.3 is 9.64 Å². The Balaban J connectivity index is 1.91. The number of sulfonamides is 1. The maximum Gasteiger partial charge on any atom is 0.241 e. The van der Waals surface area contributed by atoms with E-state index < -0.39 is 10.0 Å². The molecule has 0 spiro atoms. The van der Waals surface area contributed by atoms with E-state index in [1.165, 1.54) is 12.1 Å². The Labute approximate surface area is 137 Å². The Bertz CT molecular complexity index is 620. The molecule has 1 heterocycles. The van der Waals surface area contributed by atoms with Crippen molar-refractivity contribution in [1.29, 1.82) is 0 Å². The van der Waals surface area contributed by atoms with Crippen LogP contribution in [0.15, 0.2) is 29.2 Å². The molecule has 0 aliphatic carbocycles. The van der Waals surface area contributed by atoms with E-state index in [4.69, 9.17) is 4.74 Å². The number of nitrogens with one attached hydrogen (secondary N) is 1. The first-order valence-corrected chi connectivity index (χ1v) is 9.41. The summed E-state index contributed by atoms with van der Waals surface area (Å²) in [4.78, 5) is 13.9. The fourth-order valence-corrected chi connectivity index (χ4v) is 3.47. The highest BCUT2D eigenvalue weighted by Crippen LogP contribution is 2.17. The van der Waals surface area contributed by atoms with Gasteiger partial charge in [0.1, 0.15) is 5.75 Å². The summed E-state index contributed by atoms with van der Waals surface area (Å²) in [6.07, 6.45) is 1.94. The minimum Gasteiger partial charge on any atom is -0.494 e. The summed E-state index contributed by atoms with van der Waals surface area (Å²) in [5, 5.41) is 0. The highest BCUT2D eigenvalue weighted by molar-refractivity contribution is 7.89. The smallest absolute Gasteiger partial charge is 0.241 e. The first-order chi connectivity index (χ1) is 10.9. The number of hydrogen-bond donors (Lipinski definition) is 1. The predicted octanol–water partition coefficient (Wildman–Crippen LogP) is 1.62. The van der Waals surface area contributed by atoms with Crippen LogP contribution in [0.1, 0.15) is 26.7 Å². The second-order valence-corrected chi connectivity index (χ2v) is 7.56. The van der Waals surface area contributed by atoms with Gasteiger partial charge in [0, 0.05) is 13.1 Å². The van der Waals surface area contributed by atoms with Crippen molar-refractivity contribution < 1.29 is 17.9 Å². The van der Waals surface area contributed by atoms with Gasteiger partial charge in [-0.1, -0.05) is 6.92 Å². The zero-order valence-electron chi connectivity index (χ0n) is 13.6. The van der Waals surface area contributed by atoms with Crippen LogP contribution in [-0.2, 0) is 14.8 Å². The van der Waals surface area contributed by atoms with Gasteiger partial charge in [0.15, 0.2) is 0 Å². The molecule has 1 aromatic rings. The lowest BCUT2D eigenvalue weighted by molar-refractivity contribution is -0.131. The van der Waals surface area contributed by atoms with Crippen molar-refractivity contribution in [2.24, 2.45) is 5.92 Å². The predicted molar refractivity (Wildman–Crippen MR) is 87.8 cm³/mol. The van der Waals surface area contributed by atoms with Crippen molar-refractivity contribution in [3.63, 3.8) is 0 Å². The number of carbonyl (C=O) groups excluding carboxylic acids is 1. The third-order valence-electron chi connectivity index (χ3n) is 3.99. The lowest BCUT2D eigenvalue weighted by Crippen LogP contribution is -2.43. The maximum atomic E-state index is 12.2. The number of nitrogens with zero attached hydrogens (tertiary/aromatic N) is 1. The number of amides is 1. The van der Waals surface area contributed by atoms with Crippen molar-refractivity contribution >= 4 is 15.9 Å². The number of benzene rings is 1. The molecule has 7 heteroatoms. The van der Waals surface area contributed by atoms with Gasteiger partial charge >= 0.3 is 0 Å². The molecule has 0 unspecified atom stereocenters. The van der Waals surface area contributed by atoms with Crippen LogP contribution in [0.3, 0.4) is 0 Å². The van der Waals surface area contributed by atoms with Crippen LogP contribution in [0.4, 0.5) is 0 Å². The molecule has 1 aromatic carbocycles. The van der Waals surface area contributed by atoms with Gasteiger partial charge in [-0.3, -0.25) is 4.79 Å². The Kier molecular flexibility index (Phi) is 6.01. The molecule has 6 nitrogen and oxygen atoms in total. The topological polar surface area (TPSA) is 75.7 Å². The van der Waals surface area contributed by atoms with Crippen LogP contribution in [0.2, 0.25) is 0 Å². The van der Waals surface area contributed by atoms with Crippen molar-refractivity contribution in [2.45, 2.75) is 31.6 Å². The summed E-state index contributed by atoms with van der Waals surface area (Å²) >= 11 is 0. The van der Waals surface area contributed by atoms with Gasteiger partial charge in [-0.2, -0.15) is 0 Å². The molecule has 1 aliphatic heterocycles. The van der Waals surface area contributed by atoms with Gasteiger partial charge in [0.05, 0.1) is 18.0 Å². The second kappa shape index (κ2) is 7.79. The Morgan fingerprint density at radius 2 is 1.87 bits per heavy atom. The summed E-state index contributed by atoms with van der Waals surface area (Å²) in [6, 6.07) is 6.15. The highest BCUT2D eigenvalue weighted by Gasteiger charge is 2.22. The summed E-state index contributed by atoms with van der Waals surface area (Å²) in [5.41, 5.74) is 0. The third kappa shape index (κ3) is 4.94. The van der Waals surface area contributed by atoms with E-state index in [2.05, 4.69) is 11.6 Å². The standard InChI is InChI=1S/C16H24N2O4S/c1-3-22-14-4-6-15(7-5-14)23(20,21)17-12-16(19)18-10-8-13(2)9-11-18/h4-7,13,17H,3,8-12H2,1-2H3. The number of carbonyl (C=O) groups is 1. The summed E-state index contributed by atoms with van der Waals surface area (Å²) in [6.45, 7) is 5.74. The fraction of sp³-hybridized carbons (Fsp3) is 0.562. The molecule has 1 aliphatic rings. The van der Waals surface area contributed by atoms with Gasteiger partial charge in [-0.15, -0.1) is 0 Å². The number of likely N-dealkylation sites (tertiary alicyclic amines) is 1. The van der Waals surface area contributed by atoms with E-state index in [9.17, 15) is 13.2 Å². The Morgan fingerprint density at radius 1 is 1.26 bits per heavy atom. The molecule has 1 N–H and O–H groups in total. The molecule has 128 valence electrons. The molecule has 1 amide bonds. The van der Waals surface area contributed by atoms with Gasteiger partial charge in [0.25, 0.3) is 0 Å². The quantitative estimate of drug-likeness (QED) is 0.854. The maximum absolute atomic E-state index is 12.2. The first kappa shape index (κ1) is 17.7. The van der Waals surface area contributed by atoms with E-state index in [1.807, 2.05) is 6.92 Å². The highest BCUT2D eigenvalue weighted by atomic mass is 32.2. The van der Waals surface area contributed by atoms with Crippen LogP contribution in [0.5, 0.6) is 5.75 Å². The summed E-state index contributed by atoms with van der Waals surface area (Å²) in [5.74, 6) is 1.07. The zero-order chi connectivity index (χ0) is 16.9. The SMILES string of the molecule is CCOc1ccc(S(=O)(=O)NCC(=O)N2CCC(C)CC2)cc1. The number of rotatable bonds is 6. The van der Waals surface area contributed by atoms with Crippen molar-refractivity contribution in [1.82, 2.24) is 9.62 Å². The zero-order valence-corrected chi connectivity index (χ0v) is 14.4. The molecular formula is C16H24N2O4S. The third-order valence-corrected chi connectivity index (χ3v) is 5.41. The normalized spacial score (nSPS) is 16.3. The van der Waals surface area contributed by atoms with Crippen LogP contribution in [0, 0.1) is 5.92 Å². The molecule has 2 rings (SSSR count). The molecule has 1 fully saturated rings. The number of ether oxygens (including phenoxy) is 1. The van der Waals surface area contributed by atoms with Gasteiger partial charge in [-0.25, -0.2) is 13.1 Å². The van der Waals surface area contributed by atoms with Crippen LogP contribution >= 0.6 is 0 Å². The monoisotopic (exact) mass is 340 g/mol. The second-order valence-electron chi connectivity index (χ2n) is 5.79. The van der Waals surface area contributed by atoms with Crippen LogP contribution in [-0.4, -0.2) is 45.5 Å². The average molecular weight is 340 g/mol. The minimum atomic E-state index is -3.69. The molecule has 0 atom stereocenters. The van der Waals surface area contributed by atoms with E-state index >= 15 is 0 Å². The van der Waals surface area contributed by atoms with Crippen LogP contribution in [0.25, 0.3) is 0 Å². The molecule has 0 aromatic heterocycles. The number of hydrogen-bond acceptors (Lipinski definition) is 4. The summed E-state index contributed by atoms with van der Waals surface area (Å²) < 4.78 is 32.1. The van der Waals surface area contributed by atoms with Crippen molar-refractivity contribution in [2.75, 3.05) is 26.2 Å². The number of piperidine rings is 1. The molecule has 0 saturated carbocycles. The molecule has 1 saturated heterocycles. The average Bonchev–Trinajstić information content (AvgIpc) is 2.54. The molecule has 0 bridgehead atoms. The minimum absolute atomic E-state index is 0.126. The lowest BCUT2D eigenvalue weighted by atomic mass is 9.99. The van der Waals surface area contributed by atoms with E-state index in [-0.39, 0.29) is 17.3 Å². The lowest BCUT2D eigenvalue weighted by Gasteiger charge is -2.30. The van der Waals surface area contributed by atoms with E-state index in [0.717, 1.165) is 12.8 Å². The first-order valence-electron chi connectivity index (χ1n) is 7.92. The van der Waals surface area contributed by atoms with Crippen molar-refractivity contribution in [3.8, 4) is 5.75 Å².